The smallest absolute Gasteiger partial charge is 0.187 e. The lowest BCUT2D eigenvalue weighted by molar-refractivity contribution is 0.590. The van der Waals surface area contributed by atoms with E-state index in [4.69, 9.17) is 5.10 Å². The van der Waals surface area contributed by atoms with Gasteiger partial charge in [-0.2, -0.15) is 9.78 Å². The number of hydrogen-bond donors (Lipinski definition) is 0. The molecule has 0 unspecified atom stereocenters. The molecule has 0 radical (unpaired) electrons. The fourth-order valence-electron chi connectivity index (χ4n) is 3.14. The molecule has 3 aromatic carbocycles. The lowest BCUT2D eigenvalue weighted by Gasteiger charge is -2.18. The van der Waals surface area contributed by atoms with E-state index in [1.54, 1.807) is 11.8 Å². The maximum Gasteiger partial charge on any atom is 0.212 e. The van der Waals surface area contributed by atoms with Gasteiger partial charge in [0.05, 0.1) is 6.21 Å². The van der Waals surface area contributed by atoms with E-state index in [1.807, 2.05) is 47.3 Å². The first-order valence-electron chi connectivity index (χ1n) is 10.3. The van der Waals surface area contributed by atoms with Gasteiger partial charge in [-0.1, -0.05) is 117 Å². The van der Waals surface area contributed by atoms with E-state index in [-0.39, 0.29) is 5.41 Å². The normalized spacial score (nSPS) is 11.8. The summed E-state index contributed by atoms with van der Waals surface area (Å²) in [6.07, 6.45) is 1.87. The fourth-order valence-corrected chi connectivity index (χ4v) is 3.99. The lowest BCUT2D eigenvalue weighted by Crippen LogP contribution is -2.10. The van der Waals surface area contributed by atoms with Gasteiger partial charge in [0.1, 0.15) is 0 Å². The highest BCUT2D eigenvalue weighted by molar-refractivity contribution is 7.98. The summed E-state index contributed by atoms with van der Waals surface area (Å²) in [5.41, 5.74) is 4.70. The van der Waals surface area contributed by atoms with Crippen LogP contribution in [0.15, 0.2) is 95.2 Å². The zero-order chi connectivity index (χ0) is 21.7. The molecule has 31 heavy (non-hydrogen) atoms. The minimum atomic E-state index is 0.131. The van der Waals surface area contributed by atoms with E-state index in [0.717, 1.165) is 27.9 Å². The van der Waals surface area contributed by atoms with E-state index in [9.17, 15) is 0 Å². The number of thioether (sulfide) groups is 1. The van der Waals surface area contributed by atoms with Crippen molar-refractivity contribution in [2.75, 3.05) is 0 Å². The van der Waals surface area contributed by atoms with Gasteiger partial charge in [-0.3, -0.25) is 0 Å². The second kappa shape index (κ2) is 9.31. The van der Waals surface area contributed by atoms with Crippen LogP contribution < -0.4 is 0 Å². The second-order valence-corrected chi connectivity index (χ2v) is 9.32. The standard InChI is InChI=1S/C26H26N4S/c1-26(2,3)23-16-14-20(15-17-23)18-27-30-24(22-12-8-5-9-13-22)28-29-25(30)31-19-21-10-6-4-7-11-21/h4-18H,19H2,1-3H3. The SMILES string of the molecule is CC(C)(C)c1ccc(C=Nn2c(SCc3ccccc3)nnc2-c2ccccc2)cc1. The quantitative estimate of drug-likeness (QED) is 0.264. The van der Waals surface area contributed by atoms with E-state index in [0.29, 0.717) is 0 Å². The fraction of sp³-hybridized carbons (Fsp3) is 0.192. The van der Waals surface area contributed by atoms with Gasteiger partial charge in [-0.15, -0.1) is 10.2 Å². The predicted molar refractivity (Wildman–Crippen MR) is 130 cm³/mol. The molecule has 4 nitrogen and oxygen atoms in total. The number of rotatable bonds is 6. The van der Waals surface area contributed by atoms with Crippen LogP contribution in [-0.4, -0.2) is 21.1 Å². The molecule has 0 fully saturated rings. The van der Waals surface area contributed by atoms with Crippen LogP contribution in [0.1, 0.15) is 37.5 Å². The Hall–Kier alpha value is -3.18. The van der Waals surface area contributed by atoms with E-state index < -0.39 is 0 Å². The van der Waals surface area contributed by atoms with Crippen molar-refractivity contribution in [2.24, 2.45) is 5.10 Å². The van der Waals surface area contributed by atoms with Crippen molar-refractivity contribution in [3.63, 3.8) is 0 Å². The van der Waals surface area contributed by atoms with Crippen LogP contribution in [0.25, 0.3) is 11.4 Å². The Kier molecular flexibility index (Phi) is 6.33. The van der Waals surface area contributed by atoms with Crippen LogP contribution >= 0.6 is 11.8 Å². The molecule has 0 bridgehead atoms. The van der Waals surface area contributed by atoms with Gasteiger partial charge in [-0.05, 0) is 22.1 Å². The van der Waals surface area contributed by atoms with Crippen molar-refractivity contribution in [3.05, 3.63) is 102 Å². The average Bonchev–Trinajstić information content (AvgIpc) is 3.20. The van der Waals surface area contributed by atoms with Gasteiger partial charge in [0, 0.05) is 11.3 Å². The van der Waals surface area contributed by atoms with Crippen molar-refractivity contribution in [1.29, 1.82) is 0 Å². The van der Waals surface area contributed by atoms with Crippen molar-refractivity contribution in [2.45, 2.75) is 37.1 Å². The highest BCUT2D eigenvalue weighted by atomic mass is 32.2. The highest BCUT2D eigenvalue weighted by Crippen LogP contribution is 2.26. The van der Waals surface area contributed by atoms with Gasteiger partial charge >= 0.3 is 0 Å². The lowest BCUT2D eigenvalue weighted by atomic mass is 9.87. The molecule has 0 saturated heterocycles. The minimum Gasteiger partial charge on any atom is -0.187 e. The highest BCUT2D eigenvalue weighted by Gasteiger charge is 2.15. The van der Waals surface area contributed by atoms with E-state index >= 15 is 0 Å². The molecule has 4 aromatic rings. The Bertz CT molecular complexity index is 1140. The monoisotopic (exact) mass is 426 g/mol. The van der Waals surface area contributed by atoms with Crippen LogP contribution in [0, 0.1) is 0 Å². The second-order valence-electron chi connectivity index (χ2n) is 8.37. The Labute approximate surface area is 188 Å². The molecule has 0 saturated carbocycles. The summed E-state index contributed by atoms with van der Waals surface area (Å²) in [5, 5.41) is 14.4. The first kappa shape index (κ1) is 21.1. The topological polar surface area (TPSA) is 43.1 Å². The maximum absolute atomic E-state index is 4.76. The molecule has 156 valence electrons. The molecule has 1 heterocycles. The van der Waals surface area contributed by atoms with Crippen LogP contribution in [-0.2, 0) is 11.2 Å². The van der Waals surface area contributed by atoms with Crippen LogP contribution in [0.3, 0.4) is 0 Å². The van der Waals surface area contributed by atoms with E-state index in [1.165, 1.54) is 11.1 Å². The first-order chi connectivity index (χ1) is 15.0. The van der Waals surface area contributed by atoms with Crippen LogP contribution in [0.2, 0.25) is 0 Å². The first-order valence-corrected chi connectivity index (χ1v) is 11.3. The van der Waals surface area contributed by atoms with Crippen molar-refractivity contribution in [1.82, 2.24) is 14.9 Å². The Morgan fingerprint density at radius 3 is 2.13 bits per heavy atom. The molecule has 0 amide bonds. The van der Waals surface area contributed by atoms with E-state index in [2.05, 4.69) is 79.5 Å². The number of hydrogen-bond acceptors (Lipinski definition) is 4. The average molecular weight is 427 g/mol. The zero-order valence-electron chi connectivity index (χ0n) is 18.1. The summed E-state index contributed by atoms with van der Waals surface area (Å²) in [5.74, 6) is 1.54. The number of nitrogens with zero attached hydrogens (tertiary/aromatic N) is 4. The molecule has 1 aromatic heterocycles. The summed E-state index contributed by atoms with van der Waals surface area (Å²) in [4.78, 5) is 0. The predicted octanol–water partition coefficient (Wildman–Crippen LogP) is 6.42. The van der Waals surface area contributed by atoms with Crippen molar-refractivity contribution < 1.29 is 0 Å². The largest absolute Gasteiger partial charge is 0.212 e. The molecule has 0 N–H and O–H groups in total. The summed E-state index contributed by atoms with van der Waals surface area (Å²) < 4.78 is 1.83. The van der Waals surface area contributed by atoms with Crippen LogP contribution in [0.4, 0.5) is 0 Å². The molecular formula is C26H26N4S. The molecule has 0 spiro atoms. The summed E-state index contributed by atoms with van der Waals surface area (Å²) in [6.45, 7) is 6.65. The number of benzene rings is 3. The zero-order valence-corrected chi connectivity index (χ0v) is 18.9. The third kappa shape index (κ3) is 5.30. The van der Waals surface area contributed by atoms with Crippen molar-refractivity contribution in [3.8, 4) is 11.4 Å². The third-order valence-corrected chi connectivity index (χ3v) is 5.94. The molecule has 0 atom stereocenters. The van der Waals surface area contributed by atoms with Gasteiger partial charge in [-0.25, -0.2) is 0 Å². The van der Waals surface area contributed by atoms with Crippen molar-refractivity contribution >= 4 is 18.0 Å². The van der Waals surface area contributed by atoms with Gasteiger partial charge < -0.3 is 0 Å². The summed E-state index contributed by atoms with van der Waals surface area (Å²) in [7, 11) is 0. The molecule has 5 heteroatoms. The van der Waals surface area contributed by atoms with Gasteiger partial charge in [0.2, 0.25) is 5.16 Å². The maximum atomic E-state index is 4.76. The Morgan fingerprint density at radius 1 is 0.839 bits per heavy atom. The molecule has 0 aliphatic rings. The molecule has 0 aliphatic carbocycles. The molecular weight excluding hydrogens is 400 g/mol. The van der Waals surface area contributed by atoms with Gasteiger partial charge in [0.25, 0.3) is 0 Å². The Morgan fingerprint density at radius 2 is 1.48 bits per heavy atom. The summed E-state index contributed by atoms with van der Waals surface area (Å²) in [6, 6.07) is 28.9. The molecule has 4 rings (SSSR count). The number of aromatic nitrogens is 3. The third-order valence-electron chi connectivity index (χ3n) is 4.95. The summed E-state index contributed by atoms with van der Waals surface area (Å²) >= 11 is 1.63. The molecule has 0 aliphatic heterocycles. The Balaban J connectivity index is 1.63. The van der Waals surface area contributed by atoms with Gasteiger partial charge in [0.15, 0.2) is 5.82 Å². The van der Waals surface area contributed by atoms with Crippen LogP contribution in [0.5, 0.6) is 0 Å². The minimum absolute atomic E-state index is 0.131.